The number of rotatable bonds is 1. The van der Waals surface area contributed by atoms with Crippen LogP contribution in [0.1, 0.15) is 46.5 Å². The Morgan fingerprint density at radius 1 is 1.36 bits per heavy atom. The highest BCUT2D eigenvalue weighted by molar-refractivity contribution is 6.01. The Morgan fingerprint density at radius 3 is 2.84 bits per heavy atom. The van der Waals surface area contributed by atoms with Crippen LogP contribution in [-0.2, 0) is 4.79 Å². The molecule has 4 rings (SSSR count). The van der Waals surface area contributed by atoms with E-state index in [1.54, 1.807) is 6.08 Å². The predicted octanol–water partition coefficient (Wildman–Crippen LogP) is 4.26. The molecule has 0 heterocycles. The van der Waals surface area contributed by atoms with Gasteiger partial charge in [0.15, 0.2) is 5.78 Å². The van der Waals surface area contributed by atoms with Crippen LogP contribution in [0.3, 0.4) is 0 Å². The van der Waals surface area contributed by atoms with Gasteiger partial charge in [0.25, 0.3) is 0 Å². The van der Waals surface area contributed by atoms with Gasteiger partial charge in [0, 0.05) is 5.41 Å². The summed E-state index contributed by atoms with van der Waals surface area (Å²) in [6.45, 7) is 6.44. The Kier molecular flexibility index (Phi) is 3.66. The smallest absolute Gasteiger partial charge is 0.178 e. The van der Waals surface area contributed by atoms with Gasteiger partial charge < -0.3 is 10.2 Å². The van der Waals surface area contributed by atoms with E-state index in [4.69, 9.17) is 0 Å². The number of carbonyl (C=O) groups is 1. The van der Waals surface area contributed by atoms with Crippen molar-refractivity contribution in [2.24, 2.45) is 28.6 Å². The largest absolute Gasteiger partial charge is 0.510 e. The van der Waals surface area contributed by atoms with E-state index in [9.17, 15) is 15.0 Å². The van der Waals surface area contributed by atoms with Crippen molar-refractivity contribution in [2.75, 3.05) is 6.61 Å². The molecule has 0 radical (unpaired) electrons. The van der Waals surface area contributed by atoms with Crippen LogP contribution >= 0.6 is 0 Å². The van der Waals surface area contributed by atoms with Gasteiger partial charge >= 0.3 is 0 Å². The minimum atomic E-state index is -0.265. The van der Waals surface area contributed by atoms with E-state index in [0.29, 0.717) is 17.8 Å². The van der Waals surface area contributed by atoms with Crippen LogP contribution < -0.4 is 0 Å². The fraction of sp³-hybridized carbons (Fsp3) is 0.591. The number of carbonyl (C=O) groups excluding carboxylic acids is 1. The molecule has 134 valence electrons. The van der Waals surface area contributed by atoms with Crippen molar-refractivity contribution in [3.8, 4) is 0 Å². The van der Waals surface area contributed by atoms with E-state index in [1.165, 1.54) is 11.1 Å². The fourth-order valence-corrected chi connectivity index (χ4v) is 6.38. The Bertz CT molecular complexity index is 753. The highest BCUT2D eigenvalue weighted by Gasteiger charge is 2.56. The molecule has 4 aliphatic carbocycles. The monoisotopic (exact) mass is 340 g/mol. The summed E-state index contributed by atoms with van der Waals surface area (Å²) in [6, 6.07) is 0. The molecule has 0 unspecified atom stereocenters. The molecule has 0 aromatic heterocycles. The molecular formula is C22H28O3. The molecule has 0 saturated heterocycles. The SMILES string of the molecule is C[C@H]1C[C@H]2[C@@H]3CCC4=CC(=O)C=C[C@]4(C)C3=CC[C@]2(C)/C1=C(\O)CO. The average molecular weight is 340 g/mol. The van der Waals surface area contributed by atoms with Gasteiger partial charge in [0.05, 0.1) is 0 Å². The predicted molar refractivity (Wildman–Crippen MR) is 97.9 cm³/mol. The van der Waals surface area contributed by atoms with Crippen LogP contribution in [0, 0.1) is 28.6 Å². The first-order chi connectivity index (χ1) is 11.8. The first kappa shape index (κ1) is 16.8. The zero-order chi connectivity index (χ0) is 18.0. The van der Waals surface area contributed by atoms with Crippen molar-refractivity contribution in [3.05, 3.63) is 46.8 Å². The summed E-state index contributed by atoms with van der Waals surface area (Å²) in [7, 11) is 0. The van der Waals surface area contributed by atoms with Gasteiger partial charge in [-0.05, 0) is 73.5 Å². The number of aliphatic hydroxyl groups excluding tert-OH is 2. The first-order valence-electron chi connectivity index (χ1n) is 9.49. The molecule has 0 aromatic rings. The lowest BCUT2D eigenvalue weighted by atomic mass is 9.53. The molecule has 5 atom stereocenters. The second-order valence-electron chi connectivity index (χ2n) is 8.80. The lowest BCUT2D eigenvalue weighted by molar-refractivity contribution is -0.110. The Labute approximate surface area is 149 Å². The molecule has 2 N–H and O–H groups in total. The lowest BCUT2D eigenvalue weighted by Gasteiger charge is -2.51. The molecule has 2 fully saturated rings. The van der Waals surface area contributed by atoms with Gasteiger partial charge in [-0.2, -0.15) is 0 Å². The van der Waals surface area contributed by atoms with Gasteiger partial charge in [-0.3, -0.25) is 4.79 Å². The number of hydrogen-bond donors (Lipinski definition) is 2. The third kappa shape index (κ3) is 2.18. The average Bonchev–Trinajstić information content (AvgIpc) is 2.85. The van der Waals surface area contributed by atoms with Gasteiger partial charge in [-0.1, -0.05) is 37.1 Å². The third-order valence-electron chi connectivity index (χ3n) is 7.51. The molecule has 0 spiro atoms. The standard InChI is InChI=1S/C22H28O3/c1-13-10-18-16-5-4-14-11-15(24)6-8-21(14,2)17(16)7-9-22(18,3)20(13)19(25)12-23/h6-8,11,13,16,18,23,25H,4-5,9-10,12H2,1-3H3/b20-19-/t13-,16+,18-,21-,22-/m0/s1. The maximum absolute atomic E-state index is 11.8. The van der Waals surface area contributed by atoms with Crippen molar-refractivity contribution in [3.63, 3.8) is 0 Å². The second kappa shape index (κ2) is 5.44. The summed E-state index contributed by atoms with van der Waals surface area (Å²) in [5.41, 5.74) is 3.61. The van der Waals surface area contributed by atoms with Crippen LogP contribution in [0.25, 0.3) is 0 Å². The number of aliphatic hydroxyl groups is 2. The molecule has 3 nitrogen and oxygen atoms in total. The van der Waals surface area contributed by atoms with Crippen molar-refractivity contribution in [2.45, 2.75) is 46.5 Å². The van der Waals surface area contributed by atoms with Crippen molar-refractivity contribution < 1.29 is 15.0 Å². The minimum Gasteiger partial charge on any atom is -0.510 e. The highest BCUT2D eigenvalue weighted by atomic mass is 16.3. The van der Waals surface area contributed by atoms with Gasteiger partial charge in [-0.15, -0.1) is 0 Å². The summed E-state index contributed by atoms with van der Waals surface area (Å²) in [6.07, 6.45) is 12.1. The van der Waals surface area contributed by atoms with E-state index in [1.807, 2.05) is 6.08 Å². The molecule has 0 bridgehead atoms. The molecule has 2 saturated carbocycles. The van der Waals surface area contributed by atoms with Crippen LogP contribution in [0.4, 0.5) is 0 Å². The quantitative estimate of drug-likeness (QED) is 0.554. The molecule has 0 aliphatic heterocycles. The van der Waals surface area contributed by atoms with E-state index >= 15 is 0 Å². The minimum absolute atomic E-state index is 0.0633. The summed E-state index contributed by atoms with van der Waals surface area (Å²) >= 11 is 0. The zero-order valence-corrected chi connectivity index (χ0v) is 15.4. The van der Waals surface area contributed by atoms with E-state index in [-0.39, 0.29) is 29.0 Å². The van der Waals surface area contributed by atoms with E-state index in [0.717, 1.165) is 31.3 Å². The first-order valence-corrected chi connectivity index (χ1v) is 9.49. The van der Waals surface area contributed by atoms with Crippen LogP contribution in [0.5, 0.6) is 0 Å². The van der Waals surface area contributed by atoms with E-state index in [2.05, 4.69) is 32.9 Å². The maximum atomic E-state index is 11.8. The highest BCUT2D eigenvalue weighted by Crippen LogP contribution is 2.65. The molecule has 3 heteroatoms. The van der Waals surface area contributed by atoms with Gasteiger partial charge in [0.2, 0.25) is 0 Å². The van der Waals surface area contributed by atoms with Gasteiger partial charge in [0.1, 0.15) is 12.4 Å². The third-order valence-corrected chi connectivity index (χ3v) is 7.51. The topological polar surface area (TPSA) is 57.5 Å². The Hall–Kier alpha value is -1.61. The molecular weight excluding hydrogens is 312 g/mol. The summed E-state index contributed by atoms with van der Waals surface area (Å²) in [5, 5.41) is 19.8. The second-order valence-corrected chi connectivity index (χ2v) is 8.80. The summed E-state index contributed by atoms with van der Waals surface area (Å²) in [4.78, 5) is 11.8. The summed E-state index contributed by atoms with van der Waals surface area (Å²) in [5.74, 6) is 1.59. The van der Waals surface area contributed by atoms with Crippen molar-refractivity contribution >= 4 is 5.78 Å². The van der Waals surface area contributed by atoms with E-state index < -0.39 is 0 Å². The number of allylic oxidation sites excluding steroid dienone is 7. The summed E-state index contributed by atoms with van der Waals surface area (Å²) < 4.78 is 0. The Balaban J connectivity index is 1.79. The molecule has 4 aliphatic rings. The maximum Gasteiger partial charge on any atom is 0.178 e. The molecule has 0 amide bonds. The lowest BCUT2D eigenvalue weighted by Crippen LogP contribution is -2.42. The normalized spacial score (nSPS) is 44.5. The molecule has 25 heavy (non-hydrogen) atoms. The number of ketones is 1. The zero-order valence-electron chi connectivity index (χ0n) is 15.4. The van der Waals surface area contributed by atoms with Crippen LogP contribution in [0.2, 0.25) is 0 Å². The Morgan fingerprint density at radius 2 is 2.12 bits per heavy atom. The van der Waals surface area contributed by atoms with Gasteiger partial charge in [-0.25, -0.2) is 0 Å². The number of hydrogen-bond acceptors (Lipinski definition) is 3. The fourth-order valence-electron chi connectivity index (χ4n) is 6.38. The molecule has 0 aromatic carbocycles. The van der Waals surface area contributed by atoms with Crippen LogP contribution in [0.15, 0.2) is 46.8 Å². The van der Waals surface area contributed by atoms with Crippen molar-refractivity contribution in [1.29, 1.82) is 0 Å². The van der Waals surface area contributed by atoms with Crippen molar-refractivity contribution in [1.82, 2.24) is 0 Å². The van der Waals surface area contributed by atoms with Crippen LogP contribution in [-0.4, -0.2) is 22.6 Å². The number of fused-ring (bicyclic) bond motifs is 5.